The van der Waals surface area contributed by atoms with E-state index in [-0.39, 0.29) is 24.5 Å². The predicted octanol–water partition coefficient (Wildman–Crippen LogP) is 0.557. The number of ketones is 1. The maximum absolute atomic E-state index is 12.0. The van der Waals surface area contributed by atoms with Crippen LogP contribution in [0.15, 0.2) is 6.07 Å². The molecule has 0 aromatic carbocycles. The molecule has 2 heterocycles. The van der Waals surface area contributed by atoms with E-state index in [0.29, 0.717) is 6.54 Å². The summed E-state index contributed by atoms with van der Waals surface area (Å²) < 4.78 is 6.06. The second-order valence-electron chi connectivity index (χ2n) is 3.83. The molecule has 0 bridgehead atoms. The highest BCUT2D eigenvalue weighted by Crippen LogP contribution is 2.24. The molecular weight excluding hydrogens is 242 g/mol. The minimum absolute atomic E-state index is 0.0889. The van der Waals surface area contributed by atoms with E-state index in [0.717, 1.165) is 6.07 Å². The molecule has 1 aliphatic heterocycles. The summed E-state index contributed by atoms with van der Waals surface area (Å²) >= 11 is 0. The van der Waals surface area contributed by atoms with Crippen molar-refractivity contribution in [1.82, 2.24) is 9.78 Å². The number of Topliss-reactive ketones (excluding diaryl/α,β-unsaturated/α-hetero) is 1. The van der Waals surface area contributed by atoms with Gasteiger partial charge in [-0.2, -0.15) is 4.68 Å². The molecule has 0 radical (unpaired) electrons. The molecule has 1 aromatic heterocycles. The van der Waals surface area contributed by atoms with Crippen molar-refractivity contribution in [2.24, 2.45) is 5.92 Å². The molecule has 1 atom stereocenters. The van der Waals surface area contributed by atoms with Crippen LogP contribution in [0.3, 0.4) is 0 Å². The third-order valence-electron chi connectivity index (χ3n) is 2.72. The number of hydrogen-bond acceptors (Lipinski definition) is 6. The maximum atomic E-state index is 12.0. The number of hydrogen-bond donors (Lipinski definition) is 0. The Morgan fingerprint density at radius 3 is 3.06 bits per heavy atom. The summed E-state index contributed by atoms with van der Waals surface area (Å²) in [4.78, 5) is 33.4. The van der Waals surface area contributed by atoms with Gasteiger partial charge in [-0.1, -0.05) is 0 Å². The van der Waals surface area contributed by atoms with Gasteiger partial charge in [0.05, 0.1) is 24.3 Å². The van der Waals surface area contributed by atoms with E-state index >= 15 is 0 Å². The Labute approximate surface area is 102 Å². The maximum Gasteiger partial charge on any atom is 0.390 e. The first-order valence-electron chi connectivity index (χ1n) is 5.47. The largest absolute Gasteiger partial charge is 0.465 e. The quantitative estimate of drug-likeness (QED) is 0.337. The number of nitro groups is 1. The molecule has 2 rings (SSSR count). The van der Waals surface area contributed by atoms with E-state index in [1.807, 2.05) is 0 Å². The summed E-state index contributed by atoms with van der Waals surface area (Å²) in [7, 11) is 0. The van der Waals surface area contributed by atoms with Crippen molar-refractivity contribution in [1.29, 1.82) is 0 Å². The number of aryl methyl sites for hydroxylation is 1. The Balaban J connectivity index is 2.28. The van der Waals surface area contributed by atoms with Gasteiger partial charge in [-0.05, 0) is 18.3 Å². The van der Waals surface area contributed by atoms with Crippen LogP contribution in [-0.4, -0.2) is 33.1 Å². The van der Waals surface area contributed by atoms with Crippen molar-refractivity contribution < 1.29 is 19.2 Å². The normalized spacial score (nSPS) is 18.3. The fourth-order valence-corrected chi connectivity index (χ4v) is 1.89. The lowest BCUT2D eigenvalue weighted by molar-refractivity contribution is -0.389. The first-order chi connectivity index (χ1) is 8.54. The Kier molecular flexibility index (Phi) is 3.09. The van der Waals surface area contributed by atoms with Crippen LogP contribution in [-0.2, 0) is 16.1 Å². The molecule has 8 nitrogen and oxygen atoms in total. The number of aromatic nitrogens is 2. The number of carbonyl (C=O) groups excluding carboxylic acids is 2. The summed E-state index contributed by atoms with van der Waals surface area (Å²) in [5, 5.41) is 14.3. The van der Waals surface area contributed by atoms with E-state index in [9.17, 15) is 19.7 Å². The third-order valence-corrected chi connectivity index (χ3v) is 2.72. The highest BCUT2D eigenvalue weighted by molar-refractivity contribution is 6.08. The van der Waals surface area contributed by atoms with Crippen LogP contribution in [0.5, 0.6) is 0 Å². The van der Waals surface area contributed by atoms with Crippen LogP contribution in [0, 0.1) is 16.0 Å². The molecule has 0 fully saturated rings. The fraction of sp³-hybridized carbons (Fsp3) is 0.500. The van der Waals surface area contributed by atoms with Gasteiger partial charge in [0.15, 0.2) is 5.78 Å². The topological polar surface area (TPSA) is 104 Å². The average molecular weight is 253 g/mol. The van der Waals surface area contributed by atoms with E-state index in [1.165, 1.54) is 4.68 Å². The van der Waals surface area contributed by atoms with Gasteiger partial charge in [-0.3, -0.25) is 9.59 Å². The molecule has 0 saturated heterocycles. The van der Waals surface area contributed by atoms with Crippen LogP contribution >= 0.6 is 0 Å². The Hall–Kier alpha value is -2.25. The number of rotatable bonds is 3. The highest BCUT2D eigenvalue weighted by atomic mass is 16.6. The van der Waals surface area contributed by atoms with E-state index in [2.05, 4.69) is 5.10 Å². The zero-order valence-corrected chi connectivity index (χ0v) is 9.66. The SMILES string of the molecule is CCOC(=O)C1CCn2nc([N+](=O)[O-])cc2C1=O. The lowest BCUT2D eigenvalue weighted by atomic mass is 9.95. The molecule has 0 amide bonds. The molecule has 0 spiro atoms. The van der Waals surface area contributed by atoms with Gasteiger partial charge in [0.1, 0.15) is 11.6 Å². The van der Waals surface area contributed by atoms with Crippen molar-refractivity contribution in [2.75, 3.05) is 6.61 Å². The summed E-state index contributed by atoms with van der Waals surface area (Å²) in [5.41, 5.74) is 0.0889. The zero-order chi connectivity index (χ0) is 13.3. The standard InChI is InChI=1S/C10H11N3O5/c1-2-18-10(15)6-3-4-12-7(9(6)14)5-8(11-12)13(16)17/h5-6H,2-4H2,1H3. The first kappa shape index (κ1) is 12.2. The monoisotopic (exact) mass is 253 g/mol. The van der Waals surface area contributed by atoms with Gasteiger partial charge in [-0.15, -0.1) is 0 Å². The second kappa shape index (κ2) is 4.55. The van der Waals surface area contributed by atoms with Crippen molar-refractivity contribution in [2.45, 2.75) is 19.9 Å². The number of carbonyl (C=O) groups is 2. The Bertz CT molecular complexity index is 522. The van der Waals surface area contributed by atoms with Crippen LogP contribution in [0.2, 0.25) is 0 Å². The Morgan fingerprint density at radius 1 is 1.72 bits per heavy atom. The van der Waals surface area contributed by atoms with Crippen molar-refractivity contribution >= 4 is 17.6 Å². The lowest BCUT2D eigenvalue weighted by Gasteiger charge is -2.17. The molecule has 8 heteroatoms. The first-order valence-corrected chi connectivity index (χ1v) is 5.47. The molecule has 0 saturated carbocycles. The van der Waals surface area contributed by atoms with E-state index in [1.54, 1.807) is 6.92 Å². The number of ether oxygens (including phenoxy) is 1. The molecule has 96 valence electrons. The molecule has 1 aromatic rings. The van der Waals surface area contributed by atoms with Gasteiger partial charge in [0, 0.05) is 0 Å². The smallest absolute Gasteiger partial charge is 0.390 e. The van der Waals surface area contributed by atoms with Gasteiger partial charge >= 0.3 is 11.8 Å². The van der Waals surface area contributed by atoms with E-state index in [4.69, 9.17) is 4.74 Å². The fourth-order valence-electron chi connectivity index (χ4n) is 1.89. The van der Waals surface area contributed by atoms with Crippen LogP contribution in [0.4, 0.5) is 5.82 Å². The van der Waals surface area contributed by atoms with Crippen molar-refractivity contribution in [3.05, 3.63) is 21.9 Å². The summed E-state index contributed by atoms with van der Waals surface area (Å²) in [5.74, 6) is -2.32. The van der Waals surface area contributed by atoms with Gasteiger partial charge in [0.2, 0.25) is 0 Å². The minimum atomic E-state index is -0.881. The molecule has 0 aliphatic carbocycles. The van der Waals surface area contributed by atoms with Gasteiger partial charge in [-0.25, -0.2) is 0 Å². The predicted molar refractivity (Wildman–Crippen MR) is 58.0 cm³/mol. The molecule has 1 aliphatic rings. The number of fused-ring (bicyclic) bond motifs is 1. The van der Waals surface area contributed by atoms with Crippen molar-refractivity contribution in [3.63, 3.8) is 0 Å². The van der Waals surface area contributed by atoms with Crippen LogP contribution in [0.25, 0.3) is 0 Å². The Morgan fingerprint density at radius 2 is 2.44 bits per heavy atom. The highest BCUT2D eigenvalue weighted by Gasteiger charge is 2.37. The van der Waals surface area contributed by atoms with Crippen LogP contribution in [0.1, 0.15) is 23.8 Å². The summed E-state index contributed by atoms with van der Waals surface area (Å²) in [6.45, 7) is 2.14. The molecule has 1 unspecified atom stereocenters. The molecule has 18 heavy (non-hydrogen) atoms. The van der Waals surface area contributed by atoms with Crippen molar-refractivity contribution in [3.8, 4) is 0 Å². The molecular formula is C10H11N3O5. The lowest BCUT2D eigenvalue weighted by Crippen LogP contribution is -2.33. The summed E-state index contributed by atoms with van der Waals surface area (Å²) in [6, 6.07) is 1.09. The zero-order valence-electron chi connectivity index (χ0n) is 9.66. The second-order valence-corrected chi connectivity index (χ2v) is 3.83. The van der Waals surface area contributed by atoms with Gasteiger partial charge in [0.25, 0.3) is 0 Å². The average Bonchev–Trinajstić information content (AvgIpc) is 2.74. The van der Waals surface area contributed by atoms with E-state index < -0.39 is 22.6 Å². The number of esters is 1. The third kappa shape index (κ3) is 1.96. The minimum Gasteiger partial charge on any atom is -0.465 e. The summed E-state index contributed by atoms with van der Waals surface area (Å²) in [6.07, 6.45) is 0.253. The number of nitrogens with zero attached hydrogens (tertiary/aromatic N) is 3. The van der Waals surface area contributed by atoms with Gasteiger partial charge < -0.3 is 14.9 Å². The molecule has 0 N–H and O–H groups in total. The van der Waals surface area contributed by atoms with Crippen LogP contribution < -0.4 is 0 Å².